The molecule has 0 aliphatic heterocycles. The van der Waals surface area contributed by atoms with Gasteiger partial charge in [-0.2, -0.15) is 5.26 Å². The first-order valence-corrected chi connectivity index (χ1v) is 8.09. The highest BCUT2D eigenvalue weighted by molar-refractivity contribution is 7.98. The van der Waals surface area contributed by atoms with Gasteiger partial charge in [0.2, 0.25) is 0 Å². The van der Waals surface area contributed by atoms with E-state index in [0.29, 0.717) is 5.82 Å². The third kappa shape index (κ3) is 2.07. The third-order valence-electron chi connectivity index (χ3n) is 3.08. The maximum absolute atomic E-state index is 9.17. The lowest BCUT2D eigenvalue weighted by Gasteiger charge is -2.04. The number of fused-ring (bicyclic) bond motifs is 1. The van der Waals surface area contributed by atoms with Crippen molar-refractivity contribution in [1.29, 1.82) is 5.26 Å². The highest BCUT2D eigenvalue weighted by Gasteiger charge is 2.16. The van der Waals surface area contributed by atoms with E-state index in [9.17, 15) is 5.26 Å². The fraction of sp³-hybridized carbons (Fsp3) is 0.133. The standard InChI is InChI=1S/C15H11N3S2/c1-9-11(8-16)20-15-12(9)14(19-2)17-13(18-15)10-6-4-3-5-7-10/h3-7H,1-2H3. The molecule has 0 atom stereocenters. The molecule has 0 spiro atoms. The first kappa shape index (κ1) is 13.1. The van der Waals surface area contributed by atoms with Crippen LogP contribution in [0.5, 0.6) is 0 Å². The van der Waals surface area contributed by atoms with Gasteiger partial charge in [0.05, 0.1) is 0 Å². The van der Waals surface area contributed by atoms with E-state index in [1.807, 2.05) is 43.5 Å². The lowest BCUT2D eigenvalue weighted by atomic mass is 10.2. The lowest BCUT2D eigenvalue weighted by Crippen LogP contribution is -1.92. The fourth-order valence-electron chi connectivity index (χ4n) is 2.07. The van der Waals surface area contributed by atoms with Crippen LogP contribution in [-0.2, 0) is 0 Å². The molecule has 3 nitrogen and oxygen atoms in total. The van der Waals surface area contributed by atoms with Gasteiger partial charge in [-0.3, -0.25) is 0 Å². The molecule has 0 N–H and O–H groups in total. The van der Waals surface area contributed by atoms with E-state index in [2.05, 4.69) is 16.0 Å². The minimum Gasteiger partial charge on any atom is -0.221 e. The normalized spacial score (nSPS) is 10.7. The average molecular weight is 297 g/mol. The average Bonchev–Trinajstić information content (AvgIpc) is 2.83. The smallest absolute Gasteiger partial charge is 0.162 e. The molecule has 0 amide bonds. The van der Waals surface area contributed by atoms with Crippen molar-refractivity contribution in [1.82, 2.24) is 9.97 Å². The third-order valence-corrected chi connectivity index (χ3v) is 4.86. The Labute approximate surface area is 125 Å². The molecule has 0 unspecified atom stereocenters. The maximum Gasteiger partial charge on any atom is 0.162 e. The van der Waals surface area contributed by atoms with Crippen LogP contribution in [0.3, 0.4) is 0 Å². The summed E-state index contributed by atoms with van der Waals surface area (Å²) in [5.41, 5.74) is 1.98. The summed E-state index contributed by atoms with van der Waals surface area (Å²) in [6.45, 7) is 1.96. The van der Waals surface area contributed by atoms with Crippen LogP contribution in [0.15, 0.2) is 35.4 Å². The van der Waals surface area contributed by atoms with E-state index in [0.717, 1.165) is 31.2 Å². The quantitative estimate of drug-likeness (QED) is 0.524. The number of rotatable bonds is 2. The van der Waals surface area contributed by atoms with Crippen molar-refractivity contribution in [2.45, 2.75) is 11.9 Å². The first-order valence-electron chi connectivity index (χ1n) is 6.05. The minimum atomic E-state index is 0.716. The highest BCUT2D eigenvalue weighted by Crippen LogP contribution is 2.35. The molecule has 20 heavy (non-hydrogen) atoms. The second-order valence-corrected chi connectivity index (χ2v) is 6.06. The number of benzene rings is 1. The first-order chi connectivity index (χ1) is 9.74. The second-order valence-electron chi connectivity index (χ2n) is 4.27. The van der Waals surface area contributed by atoms with E-state index in [4.69, 9.17) is 0 Å². The molecule has 98 valence electrons. The molecule has 0 saturated carbocycles. The van der Waals surface area contributed by atoms with E-state index in [1.165, 1.54) is 11.3 Å². The zero-order valence-corrected chi connectivity index (χ0v) is 12.7. The van der Waals surface area contributed by atoms with Crippen molar-refractivity contribution >= 4 is 33.3 Å². The van der Waals surface area contributed by atoms with Crippen molar-refractivity contribution in [3.63, 3.8) is 0 Å². The van der Waals surface area contributed by atoms with Gasteiger partial charge in [-0.1, -0.05) is 30.3 Å². The van der Waals surface area contributed by atoms with Crippen molar-refractivity contribution in [2.75, 3.05) is 6.26 Å². The van der Waals surface area contributed by atoms with Crippen LogP contribution in [0.4, 0.5) is 0 Å². The van der Waals surface area contributed by atoms with Gasteiger partial charge in [-0.05, 0) is 18.7 Å². The number of nitrogens with zero attached hydrogens (tertiary/aromatic N) is 3. The fourth-order valence-corrected chi connectivity index (χ4v) is 3.75. The SMILES string of the molecule is CSc1nc(-c2ccccc2)nc2sc(C#N)c(C)c12. The van der Waals surface area contributed by atoms with Crippen LogP contribution >= 0.6 is 23.1 Å². The summed E-state index contributed by atoms with van der Waals surface area (Å²) in [6.07, 6.45) is 2.00. The van der Waals surface area contributed by atoms with Crippen molar-refractivity contribution in [2.24, 2.45) is 0 Å². The van der Waals surface area contributed by atoms with Gasteiger partial charge >= 0.3 is 0 Å². The van der Waals surface area contributed by atoms with Crippen LogP contribution < -0.4 is 0 Å². The summed E-state index contributed by atoms with van der Waals surface area (Å²) < 4.78 is 0. The van der Waals surface area contributed by atoms with Crippen LogP contribution in [0.25, 0.3) is 21.6 Å². The molecule has 1 aromatic carbocycles. The zero-order valence-electron chi connectivity index (χ0n) is 11.0. The Morgan fingerprint density at radius 1 is 1.20 bits per heavy atom. The summed E-state index contributed by atoms with van der Waals surface area (Å²) in [7, 11) is 0. The van der Waals surface area contributed by atoms with Gasteiger partial charge in [-0.25, -0.2) is 9.97 Å². The van der Waals surface area contributed by atoms with Gasteiger partial charge < -0.3 is 0 Å². The molecule has 5 heteroatoms. The summed E-state index contributed by atoms with van der Waals surface area (Å²) in [5.74, 6) is 0.716. The number of aryl methyl sites for hydroxylation is 1. The number of thioether (sulfide) groups is 1. The summed E-state index contributed by atoms with van der Waals surface area (Å²) >= 11 is 3.03. The van der Waals surface area contributed by atoms with Crippen molar-refractivity contribution in [3.05, 3.63) is 40.8 Å². The van der Waals surface area contributed by atoms with Gasteiger partial charge in [0.15, 0.2) is 5.82 Å². The summed E-state index contributed by atoms with van der Waals surface area (Å²) in [4.78, 5) is 10.9. The Balaban J connectivity index is 2.31. The van der Waals surface area contributed by atoms with E-state index in [1.54, 1.807) is 11.8 Å². The molecular weight excluding hydrogens is 286 g/mol. The van der Waals surface area contributed by atoms with Gasteiger partial charge in [0.25, 0.3) is 0 Å². The molecule has 0 radical (unpaired) electrons. The summed E-state index contributed by atoms with van der Waals surface area (Å²) in [5, 5.41) is 11.1. The molecule has 2 aromatic heterocycles. The monoisotopic (exact) mass is 297 g/mol. The molecule has 3 rings (SSSR count). The van der Waals surface area contributed by atoms with Crippen LogP contribution in [0, 0.1) is 18.3 Å². The number of thiophene rings is 1. The highest BCUT2D eigenvalue weighted by atomic mass is 32.2. The molecule has 0 aliphatic rings. The molecule has 0 saturated heterocycles. The molecular formula is C15H11N3S2. The van der Waals surface area contributed by atoms with Gasteiger partial charge in [-0.15, -0.1) is 23.1 Å². The van der Waals surface area contributed by atoms with Crippen LogP contribution in [0.2, 0.25) is 0 Å². The van der Waals surface area contributed by atoms with E-state index >= 15 is 0 Å². The van der Waals surface area contributed by atoms with E-state index in [-0.39, 0.29) is 0 Å². The van der Waals surface area contributed by atoms with Crippen LogP contribution in [-0.4, -0.2) is 16.2 Å². The number of aromatic nitrogens is 2. The second kappa shape index (κ2) is 5.23. The number of hydrogen-bond donors (Lipinski definition) is 0. The Hall–Kier alpha value is -1.90. The molecule has 3 aromatic rings. The molecule has 2 heterocycles. The van der Waals surface area contributed by atoms with Crippen molar-refractivity contribution < 1.29 is 0 Å². The van der Waals surface area contributed by atoms with Gasteiger partial charge in [0.1, 0.15) is 20.8 Å². The molecule has 0 bridgehead atoms. The zero-order chi connectivity index (χ0) is 14.1. The Morgan fingerprint density at radius 2 is 1.95 bits per heavy atom. The predicted octanol–water partition coefficient (Wildman–Crippen LogP) is 4.26. The Morgan fingerprint density at radius 3 is 2.60 bits per heavy atom. The molecule has 0 aliphatic carbocycles. The maximum atomic E-state index is 9.17. The minimum absolute atomic E-state index is 0.716. The van der Waals surface area contributed by atoms with Crippen molar-refractivity contribution in [3.8, 4) is 17.5 Å². The van der Waals surface area contributed by atoms with Gasteiger partial charge in [0, 0.05) is 10.9 Å². The Bertz CT molecular complexity index is 816. The van der Waals surface area contributed by atoms with E-state index < -0.39 is 0 Å². The number of nitriles is 1. The molecule has 0 fully saturated rings. The predicted molar refractivity (Wildman–Crippen MR) is 84.1 cm³/mol. The Kier molecular flexibility index (Phi) is 3.43. The van der Waals surface area contributed by atoms with Crippen LogP contribution in [0.1, 0.15) is 10.4 Å². The topological polar surface area (TPSA) is 49.6 Å². The lowest BCUT2D eigenvalue weighted by molar-refractivity contribution is 1.12. The summed E-state index contributed by atoms with van der Waals surface area (Å²) in [6, 6.07) is 12.2. The number of hydrogen-bond acceptors (Lipinski definition) is 5. The largest absolute Gasteiger partial charge is 0.221 e.